The molecular formula is C43H48N2O10. The van der Waals surface area contributed by atoms with Crippen LogP contribution in [0, 0.1) is 10.1 Å². The molecule has 0 aromatic heterocycles. The minimum atomic E-state index is -0.613. The molecule has 55 heavy (non-hydrogen) atoms. The Morgan fingerprint density at radius 2 is 1.25 bits per heavy atom. The van der Waals surface area contributed by atoms with Crippen LogP contribution in [-0.2, 0) is 43.4 Å². The number of hydrogen-bond donors (Lipinski definition) is 1. The summed E-state index contributed by atoms with van der Waals surface area (Å²) in [5.41, 5.74) is 7.56. The lowest BCUT2D eigenvalue weighted by Gasteiger charge is -2.21. The van der Waals surface area contributed by atoms with Crippen molar-refractivity contribution in [3.05, 3.63) is 147 Å². The summed E-state index contributed by atoms with van der Waals surface area (Å²) in [6.07, 6.45) is 3.64. The fourth-order valence-electron chi connectivity index (χ4n) is 4.96. The number of nitro groups is 1. The van der Waals surface area contributed by atoms with Crippen LogP contribution in [0.3, 0.4) is 0 Å². The summed E-state index contributed by atoms with van der Waals surface area (Å²) >= 11 is 0. The number of hydrogen-bond acceptors (Lipinski definition) is 10. The largest absolute Gasteiger partial charge is 0.489 e. The van der Waals surface area contributed by atoms with Crippen LogP contribution in [-0.4, -0.2) is 39.9 Å². The van der Waals surface area contributed by atoms with Gasteiger partial charge in [-0.3, -0.25) is 24.5 Å². The molecule has 0 aliphatic carbocycles. The minimum absolute atomic E-state index is 0.0617. The number of primary amides is 1. The third kappa shape index (κ3) is 15.7. The predicted molar refractivity (Wildman–Crippen MR) is 208 cm³/mol. The molecule has 0 aliphatic heterocycles. The average Bonchev–Trinajstić information content (AvgIpc) is 3.12. The van der Waals surface area contributed by atoms with Gasteiger partial charge in [0.25, 0.3) is 5.69 Å². The molecule has 4 rings (SSSR count). The second-order valence-corrected chi connectivity index (χ2v) is 14.3. The monoisotopic (exact) mass is 752 g/mol. The molecule has 12 heteroatoms. The number of non-ortho nitro benzene ring substituents is 1. The smallest absolute Gasteiger partial charge is 0.339 e. The zero-order chi connectivity index (χ0) is 40.6. The van der Waals surface area contributed by atoms with Gasteiger partial charge in [0.15, 0.2) is 0 Å². The van der Waals surface area contributed by atoms with Gasteiger partial charge in [0.1, 0.15) is 30.2 Å². The van der Waals surface area contributed by atoms with E-state index >= 15 is 0 Å². The van der Waals surface area contributed by atoms with Crippen molar-refractivity contribution in [2.75, 3.05) is 0 Å². The summed E-state index contributed by atoms with van der Waals surface area (Å²) in [4.78, 5) is 58.5. The van der Waals surface area contributed by atoms with Crippen LogP contribution in [0.4, 0.5) is 5.69 Å². The summed E-state index contributed by atoms with van der Waals surface area (Å²) in [6.45, 7) is 11.1. The fourth-order valence-corrected chi connectivity index (χ4v) is 4.96. The minimum Gasteiger partial charge on any atom is -0.489 e. The van der Waals surface area contributed by atoms with Crippen LogP contribution < -0.4 is 10.5 Å². The van der Waals surface area contributed by atoms with E-state index in [9.17, 15) is 29.3 Å². The molecule has 0 spiro atoms. The number of carbonyl (C=O) groups is 4. The van der Waals surface area contributed by atoms with Crippen LogP contribution in [0.5, 0.6) is 5.75 Å². The highest BCUT2D eigenvalue weighted by Crippen LogP contribution is 2.26. The van der Waals surface area contributed by atoms with Crippen molar-refractivity contribution >= 4 is 35.6 Å². The van der Waals surface area contributed by atoms with Crippen LogP contribution in [0.1, 0.15) is 97.4 Å². The lowest BCUT2D eigenvalue weighted by atomic mass is 10.0. The van der Waals surface area contributed by atoms with E-state index in [0.717, 1.165) is 11.1 Å². The van der Waals surface area contributed by atoms with Gasteiger partial charge in [-0.05, 0) is 82.9 Å². The topological polar surface area (TPSA) is 174 Å². The third-order valence-electron chi connectivity index (χ3n) is 7.31. The second kappa shape index (κ2) is 20.2. The Labute approximate surface area is 321 Å². The van der Waals surface area contributed by atoms with E-state index in [-0.39, 0.29) is 49.1 Å². The maximum Gasteiger partial charge on any atom is 0.339 e. The van der Waals surface area contributed by atoms with Crippen molar-refractivity contribution in [1.29, 1.82) is 0 Å². The SMILES string of the molecule is CC(C)(C)OC(=O)CCC(=O)OC(C)(C)C.NC(=O)c1cccc(OCc2ccccc2)c1C/C=C/c1cc([N+](=O)[O-])ccc1C(=O)OCc1ccccc1. The molecule has 0 atom stereocenters. The molecule has 290 valence electrons. The van der Waals surface area contributed by atoms with E-state index in [1.807, 2.05) is 60.7 Å². The number of nitrogens with zero attached hydrogens (tertiary/aromatic N) is 1. The summed E-state index contributed by atoms with van der Waals surface area (Å²) in [5, 5.41) is 11.4. The molecule has 0 saturated carbocycles. The van der Waals surface area contributed by atoms with Gasteiger partial charge in [-0.25, -0.2) is 4.79 Å². The van der Waals surface area contributed by atoms with Crippen molar-refractivity contribution in [3.63, 3.8) is 0 Å². The molecule has 0 bridgehead atoms. The number of amides is 1. The Morgan fingerprint density at radius 3 is 1.76 bits per heavy atom. The Morgan fingerprint density at radius 1 is 0.709 bits per heavy atom. The Balaban J connectivity index is 0.000000429. The number of carbonyl (C=O) groups excluding carboxylic acids is 4. The highest BCUT2D eigenvalue weighted by Gasteiger charge is 2.21. The maximum atomic E-state index is 12.9. The molecule has 0 aliphatic rings. The van der Waals surface area contributed by atoms with Crippen LogP contribution in [0.25, 0.3) is 6.08 Å². The van der Waals surface area contributed by atoms with Gasteiger partial charge in [-0.2, -0.15) is 0 Å². The molecule has 0 fully saturated rings. The van der Waals surface area contributed by atoms with E-state index in [1.165, 1.54) is 18.2 Å². The summed E-state index contributed by atoms with van der Waals surface area (Å²) in [6, 6.07) is 27.8. The van der Waals surface area contributed by atoms with E-state index in [1.54, 1.807) is 71.9 Å². The van der Waals surface area contributed by atoms with Gasteiger partial charge >= 0.3 is 17.9 Å². The highest BCUT2D eigenvalue weighted by molar-refractivity contribution is 5.95. The van der Waals surface area contributed by atoms with Crippen molar-refractivity contribution in [2.45, 2.75) is 85.2 Å². The van der Waals surface area contributed by atoms with Gasteiger partial charge in [-0.15, -0.1) is 0 Å². The number of esters is 3. The van der Waals surface area contributed by atoms with E-state index in [4.69, 9.17) is 24.7 Å². The van der Waals surface area contributed by atoms with Crippen LogP contribution >= 0.6 is 0 Å². The quantitative estimate of drug-likeness (QED) is 0.0571. The Bertz CT molecular complexity index is 1930. The third-order valence-corrected chi connectivity index (χ3v) is 7.31. The molecule has 0 radical (unpaired) electrons. The van der Waals surface area contributed by atoms with Gasteiger partial charge < -0.3 is 24.7 Å². The molecule has 4 aromatic carbocycles. The number of rotatable bonds is 14. The number of allylic oxidation sites excluding steroid dienone is 1. The molecule has 1 amide bonds. The predicted octanol–water partition coefficient (Wildman–Crippen LogP) is 8.34. The van der Waals surface area contributed by atoms with Crippen LogP contribution in [0.2, 0.25) is 0 Å². The van der Waals surface area contributed by atoms with Crippen molar-refractivity contribution in [2.24, 2.45) is 5.73 Å². The normalized spacial score (nSPS) is 11.2. The Kier molecular flexibility index (Phi) is 15.9. The number of nitro benzene ring substituents is 1. The molecule has 12 nitrogen and oxygen atoms in total. The molecule has 2 N–H and O–H groups in total. The summed E-state index contributed by atoms with van der Waals surface area (Å²) in [7, 11) is 0. The standard InChI is InChI=1S/C31H26N2O6.C12H22O4/c32-30(34)28-15-8-16-29(38-20-22-9-3-1-4-10-22)27(28)14-7-13-24-19-25(33(36)37)17-18-26(24)31(35)39-21-23-11-5-2-6-12-23;1-11(2,3)15-9(13)7-8-10(14)16-12(4,5)6/h1-13,15-19H,14,20-21H2,(H2,32,34);7-8H2,1-6H3/b13-7+;. The summed E-state index contributed by atoms with van der Waals surface area (Å²) < 4.78 is 21.6. The molecule has 4 aromatic rings. The molecule has 0 unspecified atom stereocenters. The van der Waals surface area contributed by atoms with Gasteiger partial charge in [0.05, 0.1) is 23.3 Å². The first-order valence-electron chi connectivity index (χ1n) is 17.6. The van der Waals surface area contributed by atoms with Gasteiger partial charge in [0.2, 0.25) is 5.91 Å². The number of nitrogens with two attached hydrogens (primary N) is 1. The first-order chi connectivity index (χ1) is 25.9. The van der Waals surface area contributed by atoms with E-state index < -0.39 is 28.0 Å². The highest BCUT2D eigenvalue weighted by atomic mass is 16.6. The van der Waals surface area contributed by atoms with Gasteiger partial charge in [0, 0.05) is 23.3 Å². The zero-order valence-electron chi connectivity index (χ0n) is 32.0. The lowest BCUT2D eigenvalue weighted by molar-refractivity contribution is -0.384. The first-order valence-corrected chi connectivity index (χ1v) is 17.6. The molecular weight excluding hydrogens is 704 g/mol. The van der Waals surface area contributed by atoms with Gasteiger partial charge in [-0.1, -0.05) is 78.9 Å². The first kappa shape index (κ1) is 43.1. The zero-order valence-corrected chi connectivity index (χ0v) is 32.0. The number of benzene rings is 4. The van der Waals surface area contributed by atoms with Crippen LogP contribution in [0.15, 0.2) is 103 Å². The van der Waals surface area contributed by atoms with E-state index in [2.05, 4.69) is 0 Å². The molecule has 0 saturated heterocycles. The second-order valence-electron chi connectivity index (χ2n) is 14.3. The summed E-state index contributed by atoms with van der Waals surface area (Å²) in [5.74, 6) is -1.49. The maximum absolute atomic E-state index is 12.9. The average molecular weight is 753 g/mol. The van der Waals surface area contributed by atoms with Crippen molar-refractivity contribution in [1.82, 2.24) is 0 Å². The molecule has 0 heterocycles. The van der Waals surface area contributed by atoms with Crippen molar-refractivity contribution < 1.29 is 43.0 Å². The Hall–Kier alpha value is -6.30. The van der Waals surface area contributed by atoms with Crippen molar-refractivity contribution in [3.8, 4) is 5.75 Å². The number of ether oxygens (including phenoxy) is 4. The fraction of sp³-hybridized carbons (Fsp3) is 0.302. The lowest BCUT2D eigenvalue weighted by Crippen LogP contribution is -2.26. The van der Waals surface area contributed by atoms with E-state index in [0.29, 0.717) is 29.0 Å².